The van der Waals surface area contributed by atoms with Crippen LogP contribution in [0.4, 0.5) is 0 Å². The van der Waals surface area contributed by atoms with Crippen molar-refractivity contribution in [3.8, 4) is 0 Å². The topological polar surface area (TPSA) is 59.3 Å². The molecule has 1 unspecified atom stereocenters. The van der Waals surface area contributed by atoms with Crippen molar-refractivity contribution in [2.75, 3.05) is 0 Å². The molecule has 0 radical (unpaired) electrons. The maximum absolute atomic E-state index is 12.5. The van der Waals surface area contributed by atoms with Crippen LogP contribution in [0.25, 0.3) is 16.6 Å². The van der Waals surface area contributed by atoms with E-state index in [0.29, 0.717) is 6.54 Å². The molecule has 5 nitrogen and oxygen atoms in total. The molecule has 0 saturated carbocycles. The number of pyridine rings is 1. The van der Waals surface area contributed by atoms with E-state index in [-0.39, 0.29) is 11.2 Å². The Labute approximate surface area is 155 Å². The van der Waals surface area contributed by atoms with Crippen molar-refractivity contribution in [3.63, 3.8) is 0 Å². The summed E-state index contributed by atoms with van der Waals surface area (Å²) in [6, 6.07) is 22.0. The number of nitrogens with one attached hydrogen (secondary N) is 1. The molecule has 4 rings (SSSR count). The van der Waals surface area contributed by atoms with Gasteiger partial charge in [-0.15, -0.1) is 10.2 Å². The van der Waals surface area contributed by atoms with E-state index >= 15 is 0 Å². The Bertz CT molecular complexity index is 1060. The molecule has 0 spiro atoms. The van der Waals surface area contributed by atoms with Gasteiger partial charge in [-0.05, 0) is 36.1 Å². The standard InChI is InChI=1S/C20H18N4OS/c1-14(19(25)21-13-15-7-3-2-4-8-15)26-20-23-22-18-12-11-16-9-5-6-10-17(16)24(18)20/h2-12,14H,13H2,1H3,(H,21,25). The molecule has 2 aromatic carbocycles. The van der Waals surface area contributed by atoms with Gasteiger partial charge >= 0.3 is 0 Å². The Morgan fingerprint density at radius 1 is 1.04 bits per heavy atom. The molecule has 2 heterocycles. The summed E-state index contributed by atoms with van der Waals surface area (Å²) in [6.07, 6.45) is 0. The van der Waals surface area contributed by atoms with Crippen LogP contribution in [0.15, 0.2) is 71.9 Å². The summed E-state index contributed by atoms with van der Waals surface area (Å²) in [6.45, 7) is 2.41. The lowest BCUT2D eigenvalue weighted by Gasteiger charge is -2.11. The molecule has 0 aliphatic heterocycles. The second-order valence-corrected chi connectivity index (χ2v) is 7.34. The lowest BCUT2D eigenvalue weighted by atomic mass is 10.2. The van der Waals surface area contributed by atoms with E-state index in [1.807, 2.05) is 72.0 Å². The number of thioether (sulfide) groups is 1. The summed E-state index contributed by atoms with van der Waals surface area (Å²) >= 11 is 1.42. The Morgan fingerprint density at radius 2 is 1.81 bits per heavy atom. The molecule has 1 atom stereocenters. The van der Waals surface area contributed by atoms with E-state index in [9.17, 15) is 4.79 Å². The largest absolute Gasteiger partial charge is 0.351 e. The van der Waals surface area contributed by atoms with Crippen LogP contribution in [0.2, 0.25) is 0 Å². The fraction of sp³-hybridized carbons (Fsp3) is 0.150. The van der Waals surface area contributed by atoms with Gasteiger partial charge in [0.05, 0.1) is 10.8 Å². The Kier molecular flexibility index (Phi) is 4.58. The number of rotatable bonds is 5. The molecule has 0 bridgehead atoms. The van der Waals surface area contributed by atoms with E-state index in [1.54, 1.807) is 0 Å². The maximum atomic E-state index is 12.5. The quantitative estimate of drug-likeness (QED) is 0.550. The third-order valence-electron chi connectivity index (χ3n) is 4.21. The average Bonchev–Trinajstić information content (AvgIpc) is 3.10. The van der Waals surface area contributed by atoms with Crippen molar-refractivity contribution >= 4 is 34.2 Å². The zero-order valence-electron chi connectivity index (χ0n) is 14.3. The van der Waals surface area contributed by atoms with Gasteiger partial charge in [0.2, 0.25) is 5.91 Å². The molecular weight excluding hydrogens is 344 g/mol. The SMILES string of the molecule is CC(Sc1nnc2ccc3ccccc3n12)C(=O)NCc1ccccc1. The van der Waals surface area contributed by atoms with Gasteiger partial charge < -0.3 is 5.32 Å². The van der Waals surface area contributed by atoms with E-state index in [4.69, 9.17) is 0 Å². The molecule has 0 aliphatic rings. The number of amides is 1. The van der Waals surface area contributed by atoms with Crippen LogP contribution in [0.3, 0.4) is 0 Å². The first-order valence-electron chi connectivity index (χ1n) is 8.43. The molecule has 26 heavy (non-hydrogen) atoms. The monoisotopic (exact) mass is 362 g/mol. The highest BCUT2D eigenvalue weighted by Gasteiger charge is 2.18. The number of hydrogen-bond acceptors (Lipinski definition) is 4. The number of benzene rings is 2. The third-order valence-corrected chi connectivity index (χ3v) is 5.25. The van der Waals surface area contributed by atoms with Gasteiger partial charge in [-0.1, -0.05) is 60.3 Å². The normalized spacial score (nSPS) is 12.3. The molecule has 130 valence electrons. The van der Waals surface area contributed by atoms with Gasteiger partial charge in [0.25, 0.3) is 0 Å². The lowest BCUT2D eigenvalue weighted by Crippen LogP contribution is -2.30. The van der Waals surface area contributed by atoms with Crippen LogP contribution in [0.1, 0.15) is 12.5 Å². The lowest BCUT2D eigenvalue weighted by molar-refractivity contribution is -0.120. The summed E-state index contributed by atoms with van der Waals surface area (Å²) in [7, 11) is 0. The highest BCUT2D eigenvalue weighted by molar-refractivity contribution is 8.00. The molecule has 1 N–H and O–H groups in total. The Hall–Kier alpha value is -2.86. The smallest absolute Gasteiger partial charge is 0.233 e. The van der Waals surface area contributed by atoms with Crippen molar-refractivity contribution < 1.29 is 4.79 Å². The number of para-hydroxylation sites is 1. The fourth-order valence-electron chi connectivity index (χ4n) is 2.83. The zero-order valence-corrected chi connectivity index (χ0v) is 15.1. The number of hydrogen-bond donors (Lipinski definition) is 1. The first-order valence-corrected chi connectivity index (χ1v) is 9.31. The van der Waals surface area contributed by atoms with E-state index < -0.39 is 0 Å². The summed E-state index contributed by atoms with van der Waals surface area (Å²) < 4.78 is 2.00. The Balaban J connectivity index is 1.53. The molecule has 2 aromatic heterocycles. The van der Waals surface area contributed by atoms with Gasteiger partial charge in [0.15, 0.2) is 10.8 Å². The number of fused-ring (bicyclic) bond motifs is 3. The van der Waals surface area contributed by atoms with Crippen LogP contribution < -0.4 is 5.32 Å². The highest BCUT2D eigenvalue weighted by atomic mass is 32.2. The molecule has 1 amide bonds. The second kappa shape index (κ2) is 7.17. The van der Waals surface area contributed by atoms with Crippen LogP contribution in [0.5, 0.6) is 0 Å². The third kappa shape index (κ3) is 3.28. The average molecular weight is 362 g/mol. The summed E-state index contributed by atoms with van der Waals surface area (Å²) in [5.41, 5.74) is 2.90. The van der Waals surface area contributed by atoms with Crippen LogP contribution in [-0.2, 0) is 11.3 Å². The van der Waals surface area contributed by atoms with Crippen molar-refractivity contribution in [1.82, 2.24) is 19.9 Å². The molecule has 0 aliphatic carbocycles. The molecule has 0 saturated heterocycles. The molecular formula is C20H18N4OS. The van der Waals surface area contributed by atoms with Gasteiger partial charge in [-0.2, -0.15) is 0 Å². The van der Waals surface area contributed by atoms with Gasteiger partial charge in [0, 0.05) is 6.54 Å². The van der Waals surface area contributed by atoms with E-state index in [2.05, 4.69) is 21.6 Å². The number of carbonyl (C=O) groups excluding carboxylic acids is 1. The number of carbonyl (C=O) groups is 1. The van der Waals surface area contributed by atoms with Crippen LogP contribution >= 0.6 is 11.8 Å². The zero-order chi connectivity index (χ0) is 17.9. The fourth-order valence-corrected chi connectivity index (χ4v) is 3.72. The van der Waals surface area contributed by atoms with E-state index in [0.717, 1.165) is 27.3 Å². The van der Waals surface area contributed by atoms with Crippen molar-refractivity contribution in [1.29, 1.82) is 0 Å². The first-order chi connectivity index (χ1) is 12.7. The van der Waals surface area contributed by atoms with Crippen molar-refractivity contribution in [3.05, 3.63) is 72.3 Å². The molecule has 6 heteroatoms. The highest BCUT2D eigenvalue weighted by Crippen LogP contribution is 2.26. The van der Waals surface area contributed by atoms with E-state index in [1.165, 1.54) is 11.8 Å². The maximum Gasteiger partial charge on any atom is 0.233 e. The number of nitrogens with zero attached hydrogens (tertiary/aromatic N) is 3. The predicted molar refractivity (Wildman–Crippen MR) is 104 cm³/mol. The minimum absolute atomic E-state index is 0.0177. The van der Waals surface area contributed by atoms with Crippen molar-refractivity contribution in [2.45, 2.75) is 23.9 Å². The first kappa shape index (κ1) is 16.6. The number of aromatic nitrogens is 3. The minimum Gasteiger partial charge on any atom is -0.351 e. The summed E-state index contributed by atoms with van der Waals surface area (Å²) in [5.74, 6) is -0.0177. The van der Waals surface area contributed by atoms with Crippen LogP contribution in [-0.4, -0.2) is 25.8 Å². The molecule has 0 fully saturated rings. The summed E-state index contributed by atoms with van der Waals surface area (Å²) in [5, 5.41) is 13.1. The Morgan fingerprint density at radius 3 is 2.65 bits per heavy atom. The second-order valence-electron chi connectivity index (χ2n) is 6.03. The molecule has 4 aromatic rings. The predicted octanol–water partition coefficient (Wildman–Crippen LogP) is 3.68. The summed E-state index contributed by atoms with van der Waals surface area (Å²) in [4.78, 5) is 12.5. The van der Waals surface area contributed by atoms with Crippen LogP contribution in [0, 0.1) is 0 Å². The van der Waals surface area contributed by atoms with Gasteiger partial charge in [-0.25, -0.2) is 0 Å². The van der Waals surface area contributed by atoms with Gasteiger partial charge in [0.1, 0.15) is 0 Å². The minimum atomic E-state index is -0.273. The van der Waals surface area contributed by atoms with Crippen molar-refractivity contribution in [2.24, 2.45) is 0 Å². The van der Waals surface area contributed by atoms with Gasteiger partial charge in [-0.3, -0.25) is 9.20 Å².